The molecule has 0 spiro atoms. The normalized spacial score (nSPS) is 12.4. The van der Waals surface area contributed by atoms with Crippen molar-refractivity contribution in [2.24, 2.45) is 0 Å². The quantitative estimate of drug-likeness (QED) is 0.463. The highest BCUT2D eigenvalue weighted by Gasteiger charge is 2.14. The average molecular weight is 258 g/mol. The molecule has 1 atom stereocenters. The molecule has 0 fully saturated rings. The van der Waals surface area contributed by atoms with Crippen molar-refractivity contribution in [3.63, 3.8) is 0 Å². The SMILES string of the molecule is CCOC(=O)/C(C#N)=C/N(C)[C@@H](C)c1ccccc1. The largest absolute Gasteiger partial charge is 0.462 e. The first-order chi connectivity index (χ1) is 9.10. The highest BCUT2D eigenvalue weighted by molar-refractivity contribution is 5.92. The molecule has 0 N–H and O–H groups in total. The fourth-order valence-electron chi connectivity index (χ4n) is 1.62. The molecule has 1 aromatic carbocycles. The van der Waals surface area contributed by atoms with Crippen molar-refractivity contribution >= 4 is 5.97 Å². The Balaban J connectivity index is 2.85. The van der Waals surface area contributed by atoms with Crippen LogP contribution in [0.2, 0.25) is 0 Å². The van der Waals surface area contributed by atoms with Gasteiger partial charge in [0.2, 0.25) is 0 Å². The summed E-state index contributed by atoms with van der Waals surface area (Å²) in [4.78, 5) is 13.4. The number of carbonyl (C=O) groups is 1. The molecule has 0 aliphatic rings. The molecule has 1 aromatic rings. The third-order valence-electron chi connectivity index (χ3n) is 2.84. The lowest BCUT2D eigenvalue weighted by molar-refractivity contribution is -0.138. The molecule has 0 saturated heterocycles. The molecule has 0 aliphatic carbocycles. The summed E-state index contributed by atoms with van der Waals surface area (Å²) in [5.41, 5.74) is 1.12. The third kappa shape index (κ3) is 4.14. The second-order valence-corrected chi connectivity index (χ2v) is 4.13. The van der Waals surface area contributed by atoms with Crippen LogP contribution in [0.1, 0.15) is 25.5 Å². The summed E-state index contributed by atoms with van der Waals surface area (Å²) in [6.45, 7) is 3.98. The van der Waals surface area contributed by atoms with E-state index in [1.54, 1.807) is 6.92 Å². The smallest absolute Gasteiger partial charge is 0.350 e. The van der Waals surface area contributed by atoms with E-state index in [9.17, 15) is 4.79 Å². The van der Waals surface area contributed by atoms with Crippen molar-refractivity contribution in [1.82, 2.24) is 4.90 Å². The van der Waals surface area contributed by atoms with Gasteiger partial charge >= 0.3 is 5.97 Å². The Kier molecular flexibility index (Phi) is 5.62. The molecule has 0 heterocycles. The van der Waals surface area contributed by atoms with E-state index < -0.39 is 5.97 Å². The van der Waals surface area contributed by atoms with E-state index in [4.69, 9.17) is 10.00 Å². The maximum Gasteiger partial charge on any atom is 0.350 e. The number of carbonyl (C=O) groups excluding carboxylic acids is 1. The van der Waals surface area contributed by atoms with Gasteiger partial charge in [0.1, 0.15) is 6.07 Å². The van der Waals surface area contributed by atoms with Crippen molar-refractivity contribution in [1.29, 1.82) is 5.26 Å². The molecular formula is C15H18N2O2. The first-order valence-corrected chi connectivity index (χ1v) is 6.16. The number of nitrogens with zero attached hydrogens (tertiary/aromatic N) is 2. The van der Waals surface area contributed by atoms with Gasteiger partial charge in [0, 0.05) is 13.2 Å². The van der Waals surface area contributed by atoms with Gasteiger partial charge < -0.3 is 9.64 Å². The molecule has 0 amide bonds. The Morgan fingerprint density at radius 2 is 2.11 bits per heavy atom. The van der Waals surface area contributed by atoms with Gasteiger partial charge in [0.15, 0.2) is 5.57 Å². The lowest BCUT2D eigenvalue weighted by atomic mass is 10.1. The zero-order chi connectivity index (χ0) is 14.3. The van der Waals surface area contributed by atoms with Crippen LogP contribution in [-0.2, 0) is 9.53 Å². The number of hydrogen-bond donors (Lipinski definition) is 0. The molecule has 0 aliphatic heterocycles. The summed E-state index contributed by atoms with van der Waals surface area (Å²) >= 11 is 0. The van der Waals surface area contributed by atoms with Crippen molar-refractivity contribution in [3.05, 3.63) is 47.7 Å². The van der Waals surface area contributed by atoms with Gasteiger partial charge in [0.05, 0.1) is 12.6 Å². The van der Waals surface area contributed by atoms with Crippen molar-refractivity contribution in [2.45, 2.75) is 19.9 Å². The number of nitriles is 1. The maximum atomic E-state index is 11.5. The molecular weight excluding hydrogens is 240 g/mol. The van der Waals surface area contributed by atoms with Crippen LogP contribution >= 0.6 is 0 Å². The summed E-state index contributed by atoms with van der Waals surface area (Å²) in [7, 11) is 1.83. The van der Waals surface area contributed by atoms with E-state index in [-0.39, 0.29) is 18.2 Å². The van der Waals surface area contributed by atoms with E-state index in [1.165, 1.54) is 6.20 Å². The van der Waals surface area contributed by atoms with E-state index in [2.05, 4.69) is 0 Å². The molecule has 0 radical (unpaired) electrons. The molecule has 0 aromatic heterocycles. The summed E-state index contributed by atoms with van der Waals surface area (Å²) in [6, 6.07) is 11.8. The van der Waals surface area contributed by atoms with Gasteiger partial charge in [-0.15, -0.1) is 0 Å². The average Bonchev–Trinajstić information content (AvgIpc) is 2.44. The Hall–Kier alpha value is -2.28. The minimum absolute atomic E-state index is 0.00660. The molecule has 0 saturated carbocycles. The van der Waals surface area contributed by atoms with E-state index in [0.29, 0.717) is 0 Å². The van der Waals surface area contributed by atoms with Gasteiger partial charge in [-0.05, 0) is 19.4 Å². The van der Waals surface area contributed by atoms with Crippen molar-refractivity contribution in [2.75, 3.05) is 13.7 Å². The predicted molar refractivity (Wildman–Crippen MR) is 72.9 cm³/mol. The fraction of sp³-hybridized carbons (Fsp3) is 0.333. The molecule has 19 heavy (non-hydrogen) atoms. The monoisotopic (exact) mass is 258 g/mol. The Labute approximate surface area is 113 Å². The summed E-state index contributed by atoms with van der Waals surface area (Å²) in [6.07, 6.45) is 1.52. The highest BCUT2D eigenvalue weighted by atomic mass is 16.5. The highest BCUT2D eigenvalue weighted by Crippen LogP contribution is 2.19. The van der Waals surface area contributed by atoms with Crippen LogP contribution in [-0.4, -0.2) is 24.5 Å². The molecule has 0 unspecified atom stereocenters. The number of rotatable bonds is 5. The topological polar surface area (TPSA) is 53.3 Å². The molecule has 0 bridgehead atoms. The Morgan fingerprint density at radius 3 is 2.63 bits per heavy atom. The third-order valence-corrected chi connectivity index (χ3v) is 2.84. The van der Waals surface area contributed by atoms with Crippen LogP contribution in [0, 0.1) is 11.3 Å². The predicted octanol–water partition coefficient (Wildman–Crippen LogP) is 2.65. The summed E-state index contributed by atoms with van der Waals surface area (Å²) in [5, 5.41) is 8.98. The number of benzene rings is 1. The number of esters is 1. The van der Waals surface area contributed by atoms with Crippen LogP contribution in [0.15, 0.2) is 42.1 Å². The van der Waals surface area contributed by atoms with Gasteiger partial charge in [-0.2, -0.15) is 5.26 Å². The van der Waals surface area contributed by atoms with E-state index >= 15 is 0 Å². The van der Waals surface area contributed by atoms with Crippen LogP contribution in [0.4, 0.5) is 0 Å². The first-order valence-electron chi connectivity index (χ1n) is 6.16. The van der Waals surface area contributed by atoms with Gasteiger partial charge in [-0.25, -0.2) is 4.79 Å². The zero-order valence-corrected chi connectivity index (χ0v) is 11.5. The molecule has 100 valence electrons. The van der Waals surface area contributed by atoms with Gasteiger partial charge in [-0.1, -0.05) is 30.3 Å². The molecule has 1 rings (SSSR count). The molecule has 4 heteroatoms. The minimum Gasteiger partial charge on any atom is -0.462 e. The Bertz CT molecular complexity index is 489. The summed E-state index contributed by atoms with van der Waals surface area (Å²) < 4.78 is 4.82. The lowest BCUT2D eigenvalue weighted by Crippen LogP contribution is -2.18. The van der Waals surface area contributed by atoms with Crippen LogP contribution in [0.5, 0.6) is 0 Å². The van der Waals surface area contributed by atoms with Crippen molar-refractivity contribution in [3.8, 4) is 6.07 Å². The Morgan fingerprint density at radius 1 is 1.47 bits per heavy atom. The second kappa shape index (κ2) is 7.22. The zero-order valence-electron chi connectivity index (χ0n) is 11.5. The van der Waals surface area contributed by atoms with Crippen LogP contribution < -0.4 is 0 Å². The lowest BCUT2D eigenvalue weighted by Gasteiger charge is -2.23. The minimum atomic E-state index is -0.586. The number of hydrogen-bond acceptors (Lipinski definition) is 4. The number of ether oxygens (including phenoxy) is 1. The first kappa shape index (κ1) is 14.8. The van der Waals surface area contributed by atoms with Crippen LogP contribution in [0.3, 0.4) is 0 Å². The van der Waals surface area contributed by atoms with Gasteiger partial charge in [-0.3, -0.25) is 0 Å². The van der Waals surface area contributed by atoms with E-state index in [0.717, 1.165) is 5.56 Å². The maximum absolute atomic E-state index is 11.5. The van der Waals surface area contributed by atoms with E-state index in [1.807, 2.05) is 55.3 Å². The summed E-state index contributed by atoms with van der Waals surface area (Å²) in [5.74, 6) is -0.586. The van der Waals surface area contributed by atoms with Crippen molar-refractivity contribution < 1.29 is 9.53 Å². The van der Waals surface area contributed by atoms with Gasteiger partial charge in [0.25, 0.3) is 0 Å². The molecule has 4 nitrogen and oxygen atoms in total. The fourth-order valence-corrected chi connectivity index (χ4v) is 1.62. The van der Waals surface area contributed by atoms with Crippen LogP contribution in [0.25, 0.3) is 0 Å². The second-order valence-electron chi connectivity index (χ2n) is 4.13. The standard InChI is InChI=1S/C15H18N2O2/c1-4-19-15(18)14(10-16)11-17(3)12(2)13-8-6-5-7-9-13/h5-9,11-12H,4H2,1-3H3/b14-11+/t12-/m0/s1.